The fourth-order valence-electron chi connectivity index (χ4n) is 4.96. The quantitative estimate of drug-likeness (QED) is 0.365. The fraction of sp³-hybridized carbons (Fsp3) is 0.370. The number of pyridine rings is 2. The van der Waals surface area contributed by atoms with E-state index in [0.717, 1.165) is 5.56 Å². The van der Waals surface area contributed by atoms with E-state index in [1.165, 1.54) is 0 Å². The van der Waals surface area contributed by atoms with Crippen molar-refractivity contribution in [2.45, 2.75) is 52.4 Å². The van der Waals surface area contributed by atoms with E-state index in [-0.39, 0.29) is 55.2 Å². The van der Waals surface area contributed by atoms with Crippen molar-refractivity contribution in [3.63, 3.8) is 0 Å². The van der Waals surface area contributed by atoms with E-state index in [1.807, 2.05) is 13.0 Å². The lowest BCUT2D eigenvalue weighted by atomic mass is 9.86. The van der Waals surface area contributed by atoms with Gasteiger partial charge in [-0.15, -0.1) is 0 Å². The van der Waals surface area contributed by atoms with Crippen LogP contribution < -0.4 is 15.6 Å². The third-order valence-corrected chi connectivity index (χ3v) is 6.99. The Kier molecular flexibility index (Phi) is 6.39. The molecule has 38 heavy (non-hydrogen) atoms. The monoisotopic (exact) mass is 521 g/mol. The van der Waals surface area contributed by atoms with Crippen LogP contribution in [0.25, 0.3) is 22.3 Å². The number of aliphatic hydroxyl groups is 1. The maximum absolute atomic E-state index is 13.4. The molecule has 0 radical (unpaired) electrons. The lowest BCUT2D eigenvalue weighted by Gasteiger charge is -2.31. The smallest absolute Gasteiger partial charge is 0.413 e. The summed E-state index contributed by atoms with van der Waals surface area (Å²) in [5.74, 6) is -1.11. The molecule has 4 heterocycles. The van der Waals surface area contributed by atoms with E-state index < -0.39 is 23.6 Å². The molecule has 0 fully saturated rings. The van der Waals surface area contributed by atoms with Crippen LogP contribution in [0.4, 0.5) is 4.79 Å². The summed E-state index contributed by atoms with van der Waals surface area (Å²) < 4.78 is 17.0. The molecule has 2 aromatic heterocycles. The van der Waals surface area contributed by atoms with E-state index in [0.29, 0.717) is 34.3 Å². The molecule has 0 spiro atoms. The first-order chi connectivity index (χ1) is 18.2. The molecular formula is C27H27N3O8. The number of cyclic esters (lactones) is 1. The minimum absolute atomic E-state index is 0.0542. The van der Waals surface area contributed by atoms with Gasteiger partial charge >= 0.3 is 18.0 Å². The zero-order valence-corrected chi connectivity index (χ0v) is 21.3. The van der Waals surface area contributed by atoms with Crippen molar-refractivity contribution in [3.05, 3.63) is 56.9 Å². The van der Waals surface area contributed by atoms with Gasteiger partial charge in [-0.1, -0.05) is 19.9 Å². The second-order valence-corrected chi connectivity index (χ2v) is 9.12. The number of nitrogens with one attached hydrogen (secondary N) is 1. The molecule has 0 saturated heterocycles. The summed E-state index contributed by atoms with van der Waals surface area (Å²) in [6.07, 6.45) is -0.117. The maximum Gasteiger partial charge on any atom is 0.413 e. The molecule has 0 saturated carbocycles. The van der Waals surface area contributed by atoms with Gasteiger partial charge in [-0.25, -0.2) is 14.6 Å². The number of hydrogen-bond donors (Lipinski definition) is 2. The number of fused-ring (bicyclic) bond motifs is 5. The Balaban J connectivity index is 1.58. The third-order valence-electron chi connectivity index (χ3n) is 6.99. The molecule has 1 aromatic carbocycles. The van der Waals surface area contributed by atoms with Gasteiger partial charge in [0.2, 0.25) is 0 Å². The highest BCUT2D eigenvalue weighted by Crippen LogP contribution is 2.40. The Morgan fingerprint density at radius 3 is 2.71 bits per heavy atom. The number of ether oxygens (including phenoxy) is 3. The Hall–Kier alpha value is -4.25. The predicted octanol–water partition coefficient (Wildman–Crippen LogP) is 2.29. The van der Waals surface area contributed by atoms with Gasteiger partial charge in [0.25, 0.3) is 5.56 Å². The van der Waals surface area contributed by atoms with Gasteiger partial charge in [-0.05, 0) is 43.5 Å². The molecule has 5 rings (SSSR count). The van der Waals surface area contributed by atoms with Gasteiger partial charge < -0.3 is 29.2 Å². The first-order valence-electron chi connectivity index (χ1n) is 12.5. The van der Waals surface area contributed by atoms with Gasteiger partial charge in [0.1, 0.15) is 18.9 Å². The minimum Gasteiger partial charge on any atom is -0.465 e. The van der Waals surface area contributed by atoms with Crippen molar-refractivity contribution in [1.29, 1.82) is 0 Å². The highest BCUT2D eigenvalue weighted by molar-refractivity contribution is 5.93. The van der Waals surface area contributed by atoms with Crippen molar-refractivity contribution in [2.75, 3.05) is 13.2 Å². The van der Waals surface area contributed by atoms with Crippen molar-refractivity contribution >= 4 is 28.9 Å². The molecule has 3 aromatic rings. The molecule has 11 heteroatoms. The summed E-state index contributed by atoms with van der Waals surface area (Å²) >= 11 is 0. The molecule has 0 aliphatic carbocycles. The summed E-state index contributed by atoms with van der Waals surface area (Å²) in [5, 5.41) is 14.0. The van der Waals surface area contributed by atoms with Crippen LogP contribution in [0.5, 0.6) is 5.75 Å². The first-order valence-corrected chi connectivity index (χ1v) is 12.5. The molecule has 0 bridgehead atoms. The Bertz CT molecular complexity index is 1560. The molecule has 2 aliphatic rings. The van der Waals surface area contributed by atoms with Crippen molar-refractivity contribution in [1.82, 2.24) is 14.9 Å². The third kappa shape index (κ3) is 3.99. The van der Waals surface area contributed by atoms with Crippen LogP contribution in [-0.2, 0) is 44.2 Å². The second kappa shape index (κ2) is 9.56. The summed E-state index contributed by atoms with van der Waals surface area (Å²) in [6, 6.07) is 6.94. The van der Waals surface area contributed by atoms with E-state index in [4.69, 9.17) is 19.2 Å². The molecule has 2 aliphatic heterocycles. The maximum atomic E-state index is 13.4. The van der Waals surface area contributed by atoms with Crippen LogP contribution in [0.15, 0.2) is 29.1 Å². The first kappa shape index (κ1) is 25.4. The van der Waals surface area contributed by atoms with Crippen molar-refractivity contribution in [2.24, 2.45) is 0 Å². The van der Waals surface area contributed by atoms with Gasteiger partial charge in [-0.3, -0.25) is 9.59 Å². The predicted molar refractivity (Wildman–Crippen MR) is 135 cm³/mol. The number of rotatable bonds is 6. The van der Waals surface area contributed by atoms with Crippen LogP contribution >= 0.6 is 0 Å². The van der Waals surface area contributed by atoms with E-state index in [2.05, 4.69) is 5.32 Å². The molecule has 2 N–H and O–H groups in total. The van der Waals surface area contributed by atoms with Crippen molar-refractivity contribution in [3.8, 4) is 17.1 Å². The fourth-order valence-corrected chi connectivity index (χ4v) is 4.96. The molecule has 1 atom stereocenters. The normalized spacial score (nSPS) is 17.3. The highest BCUT2D eigenvalue weighted by atomic mass is 16.6. The van der Waals surface area contributed by atoms with Gasteiger partial charge in [0.15, 0.2) is 5.60 Å². The van der Waals surface area contributed by atoms with Crippen molar-refractivity contribution < 1.29 is 33.7 Å². The number of carbonyl (C=O) groups excluding carboxylic acids is 3. The molecule has 0 unspecified atom stereocenters. The zero-order valence-electron chi connectivity index (χ0n) is 21.3. The summed E-state index contributed by atoms with van der Waals surface area (Å²) in [7, 11) is 0. The molecule has 11 nitrogen and oxygen atoms in total. The van der Waals surface area contributed by atoms with E-state index in [1.54, 1.807) is 36.6 Å². The number of esters is 2. The highest BCUT2D eigenvalue weighted by Gasteiger charge is 2.45. The number of aromatic nitrogens is 2. The van der Waals surface area contributed by atoms with Gasteiger partial charge in [-0.2, -0.15) is 0 Å². The largest absolute Gasteiger partial charge is 0.465 e. The Morgan fingerprint density at radius 2 is 2.00 bits per heavy atom. The van der Waals surface area contributed by atoms with Crippen LogP contribution in [0.1, 0.15) is 49.4 Å². The lowest BCUT2D eigenvalue weighted by Crippen LogP contribution is -2.44. The number of amides is 1. The second-order valence-electron chi connectivity index (χ2n) is 9.12. The standard InChI is InChI=1S/C27H27N3O8/c1-4-14-7-8-20(38-26(34)28-11-21(31)36-6-3)16-9-15-12-30-19(23(15)29-22(14)16)10-18-17(24(30)32)13-37-25(33)27(18,35)5-2/h7-10,35H,4-6,11-13H2,1-3H3,(H,28,34)/t27-/m0/s1. The van der Waals surface area contributed by atoms with Gasteiger partial charge in [0.05, 0.1) is 35.6 Å². The SMILES string of the molecule is CCOC(=O)CNC(=O)Oc1ccc(CC)c2nc3c(cc12)Cn1c-3cc2c(c1=O)COC(=O)[C@]2(O)CC. The van der Waals surface area contributed by atoms with Gasteiger partial charge in [0, 0.05) is 16.5 Å². The number of aryl methyl sites for hydroxylation is 1. The van der Waals surface area contributed by atoms with Crippen LogP contribution in [0, 0.1) is 0 Å². The Morgan fingerprint density at radius 1 is 1.21 bits per heavy atom. The average Bonchev–Trinajstić information content (AvgIpc) is 3.27. The van der Waals surface area contributed by atoms with Crippen LogP contribution in [0.3, 0.4) is 0 Å². The average molecular weight is 522 g/mol. The molecule has 1 amide bonds. The topological polar surface area (TPSA) is 146 Å². The Labute approximate surface area is 217 Å². The lowest BCUT2D eigenvalue weighted by molar-refractivity contribution is -0.172. The van der Waals surface area contributed by atoms with Crippen LogP contribution in [0.2, 0.25) is 0 Å². The molecule has 198 valence electrons. The number of benzene rings is 1. The number of carbonyl (C=O) groups is 3. The molecular weight excluding hydrogens is 494 g/mol. The van der Waals surface area contributed by atoms with E-state index in [9.17, 15) is 24.3 Å². The summed E-state index contributed by atoms with van der Waals surface area (Å²) in [6.45, 7) is 5.16. The number of hydrogen-bond acceptors (Lipinski definition) is 9. The minimum atomic E-state index is -1.91. The van der Waals surface area contributed by atoms with E-state index >= 15 is 0 Å². The number of nitrogens with zero attached hydrogens (tertiary/aromatic N) is 2. The van der Waals surface area contributed by atoms with Crippen LogP contribution in [-0.4, -0.2) is 45.8 Å². The summed E-state index contributed by atoms with van der Waals surface area (Å²) in [5.41, 5.74) is 1.47. The zero-order chi connectivity index (χ0) is 27.2. The summed E-state index contributed by atoms with van der Waals surface area (Å²) in [4.78, 5) is 54.6.